The summed E-state index contributed by atoms with van der Waals surface area (Å²) >= 11 is 2.18. The molecule has 2 aromatic carbocycles. The number of anilines is 2. The molecule has 0 atom stereocenters. The number of hydrogen-bond donors (Lipinski definition) is 1. The van der Waals surface area contributed by atoms with Gasteiger partial charge in [0, 0.05) is 15.3 Å². The Labute approximate surface area is 172 Å². The molecule has 0 bridgehead atoms. The average molecular weight is 504 g/mol. The number of ether oxygens (including phenoxy) is 2. The van der Waals surface area contributed by atoms with Gasteiger partial charge in [-0.15, -0.1) is 0 Å². The number of sulfonamides is 1. The predicted molar refractivity (Wildman–Crippen MR) is 114 cm³/mol. The molecular formula is C18H21IN2O5S. The average Bonchev–Trinajstić information content (AvgIpc) is 2.60. The number of rotatable bonds is 7. The van der Waals surface area contributed by atoms with Crippen molar-refractivity contribution < 1.29 is 22.7 Å². The summed E-state index contributed by atoms with van der Waals surface area (Å²) in [6, 6.07) is 10.3. The Kier molecular flexibility index (Phi) is 6.93. The molecule has 2 aromatic rings. The molecule has 0 saturated carbocycles. The van der Waals surface area contributed by atoms with E-state index in [-0.39, 0.29) is 6.54 Å². The minimum Gasteiger partial charge on any atom is -0.493 e. The fourth-order valence-corrected chi connectivity index (χ4v) is 3.96. The zero-order chi connectivity index (χ0) is 20.2. The van der Waals surface area contributed by atoms with E-state index in [0.29, 0.717) is 22.9 Å². The summed E-state index contributed by atoms with van der Waals surface area (Å²) in [5.74, 6) is 0.394. The third kappa shape index (κ3) is 5.48. The van der Waals surface area contributed by atoms with Crippen LogP contribution in [0.3, 0.4) is 0 Å². The van der Waals surface area contributed by atoms with Crippen molar-refractivity contribution in [1.82, 2.24) is 0 Å². The summed E-state index contributed by atoms with van der Waals surface area (Å²) in [5, 5.41) is 2.76. The van der Waals surface area contributed by atoms with E-state index in [1.54, 1.807) is 18.2 Å². The van der Waals surface area contributed by atoms with Gasteiger partial charge < -0.3 is 14.8 Å². The summed E-state index contributed by atoms with van der Waals surface area (Å²) in [4.78, 5) is 12.5. The summed E-state index contributed by atoms with van der Waals surface area (Å²) in [7, 11) is -0.746. The van der Waals surface area contributed by atoms with Gasteiger partial charge in [0.05, 0.1) is 26.2 Å². The zero-order valence-electron chi connectivity index (χ0n) is 15.4. The normalized spacial score (nSPS) is 11.0. The molecule has 0 aromatic heterocycles. The summed E-state index contributed by atoms with van der Waals surface area (Å²) < 4.78 is 37.0. The highest BCUT2D eigenvalue weighted by Crippen LogP contribution is 2.32. The van der Waals surface area contributed by atoms with E-state index in [0.717, 1.165) is 19.7 Å². The third-order valence-electron chi connectivity index (χ3n) is 3.81. The molecule has 2 rings (SSSR count). The van der Waals surface area contributed by atoms with Crippen LogP contribution in [0.4, 0.5) is 11.4 Å². The number of amides is 1. The molecule has 146 valence electrons. The van der Waals surface area contributed by atoms with Gasteiger partial charge >= 0.3 is 0 Å². The molecule has 0 spiro atoms. The first-order valence-corrected chi connectivity index (χ1v) is 10.8. The Morgan fingerprint density at radius 2 is 1.78 bits per heavy atom. The molecule has 1 N–H and O–H groups in total. The molecule has 0 aliphatic rings. The number of nitrogens with one attached hydrogen (secondary N) is 1. The molecule has 0 saturated heterocycles. The van der Waals surface area contributed by atoms with E-state index < -0.39 is 15.9 Å². The van der Waals surface area contributed by atoms with E-state index in [9.17, 15) is 13.2 Å². The number of aryl methyl sites for hydroxylation is 1. The number of carbonyl (C=O) groups is 1. The van der Waals surface area contributed by atoms with Crippen molar-refractivity contribution in [2.24, 2.45) is 0 Å². The van der Waals surface area contributed by atoms with Gasteiger partial charge in [-0.1, -0.05) is 0 Å². The molecule has 0 fully saturated rings. The Hall–Kier alpha value is -2.01. The molecule has 0 heterocycles. The lowest BCUT2D eigenvalue weighted by Crippen LogP contribution is -2.37. The standard InChI is InChI=1S/C18H21IN2O5S/c1-12-9-13(19)5-7-15(12)20-18(22)11-21(27(4,23)24)14-6-8-16(25-2)17(10-14)26-3/h5-10H,11H2,1-4H3,(H,20,22). The van der Waals surface area contributed by atoms with Crippen molar-refractivity contribution in [2.75, 3.05) is 36.6 Å². The molecule has 7 nitrogen and oxygen atoms in total. The lowest BCUT2D eigenvalue weighted by Gasteiger charge is -2.23. The van der Waals surface area contributed by atoms with Crippen LogP contribution < -0.4 is 19.1 Å². The van der Waals surface area contributed by atoms with E-state index in [4.69, 9.17) is 9.47 Å². The number of hydrogen-bond acceptors (Lipinski definition) is 5. The second-order valence-corrected chi connectivity index (χ2v) is 8.97. The van der Waals surface area contributed by atoms with E-state index in [1.165, 1.54) is 20.3 Å². The minimum atomic E-state index is -3.69. The number of halogens is 1. The predicted octanol–water partition coefficient (Wildman–Crippen LogP) is 3.02. The maximum absolute atomic E-state index is 12.5. The maximum atomic E-state index is 12.5. The first-order valence-electron chi connectivity index (χ1n) is 7.91. The van der Waals surface area contributed by atoms with E-state index in [1.807, 2.05) is 19.1 Å². The minimum absolute atomic E-state index is 0.310. The molecule has 0 aliphatic carbocycles. The van der Waals surface area contributed by atoms with Gasteiger partial charge in [-0.2, -0.15) is 0 Å². The summed E-state index contributed by atoms with van der Waals surface area (Å²) in [6.45, 7) is 1.51. The van der Waals surface area contributed by atoms with Crippen molar-refractivity contribution in [2.45, 2.75) is 6.92 Å². The first kappa shape index (κ1) is 21.3. The monoisotopic (exact) mass is 504 g/mol. The topological polar surface area (TPSA) is 84.9 Å². The molecular weight excluding hydrogens is 483 g/mol. The molecule has 0 aliphatic heterocycles. The van der Waals surface area contributed by atoms with Crippen LogP contribution in [0.1, 0.15) is 5.56 Å². The van der Waals surface area contributed by atoms with Crippen molar-refractivity contribution in [1.29, 1.82) is 0 Å². The fraction of sp³-hybridized carbons (Fsp3) is 0.278. The Morgan fingerprint density at radius 1 is 1.11 bits per heavy atom. The number of benzene rings is 2. The maximum Gasteiger partial charge on any atom is 0.245 e. The highest BCUT2D eigenvalue weighted by Gasteiger charge is 2.22. The highest BCUT2D eigenvalue weighted by molar-refractivity contribution is 14.1. The highest BCUT2D eigenvalue weighted by atomic mass is 127. The van der Waals surface area contributed by atoms with Crippen LogP contribution >= 0.6 is 22.6 Å². The Bertz CT molecular complexity index is 947. The number of nitrogens with zero attached hydrogens (tertiary/aromatic N) is 1. The Morgan fingerprint density at radius 3 is 2.33 bits per heavy atom. The van der Waals surface area contributed by atoms with Gasteiger partial charge in [-0.25, -0.2) is 8.42 Å². The number of methoxy groups -OCH3 is 2. The third-order valence-corrected chi connectivity index (χ3v) is 5.62. The van der Waals surface area contributed by atoms with Gasteiger partial charge in [0.25, 0.3) is 0 Å². The van der Waals surface area contributed by atoms with Gasteiger partial charge in [0.15, 0.2) is 11.5 Å². The van der Waals surface area contributed by atoms with Crippen molar-refractivity contribution in [3.8, 4) is 11.5 Å². The van der Waals surface area contributed by atoms with Crippen molar-refractivity contribution in [3.63, 3.8) is 0 Å². The largest absolute Gasteiger partial charge is 0.493 e. The quantitative estimate of drug-likeness (QED) is 0.587. The van der Waals surface area contributed by atoms with Gasteiger partial charge in [-0.05, 0) is 65.4 Å². The molecule has 0 unspecified atom stereocenters. The lowest BCUT2D eigenvalue weighted by atomic mass is 10.2. The van der Waals surface area contributed by atoms with Gasteiger partial charge in [0.1, 0.15) is 6.54 Å². The van der Waals surface area contributed by atoms with Crippen LogP contribution in [-0.4, -0.2) is 41.3 Å². The van der Waals surface area contributed by atoms with Crippen LogP contribution in [0.15, 0.2) is 36.4 Å². The van der Waals surface area contributed by atoms with Gasteiger partial charge in [-0.3, -0.25) is 9.10 Å². The second kappa shape index (κ2) is 8.79. The SMILES string of the molecule is COc1ccc(N(CC(=O)Nc2ccc(I)cc2C)S(C)(=O)=O)cc1OC. The molecule has 1 amide bonds. The van der Waals surface area contributed by atoms with Crippen molar-refractivity contribution >= 4 is 49.9 Å². The van der Waals surface area contributed by atoms with E-state index >= 15 is 0 Å². The van der Waals surface area contributed by atoms with Crippen LogP contribution in [0.25, 0.3) is 0 Å². The second-order valence-electron chi connectivity index (χ2n) is 5.82. The Balaban J connectivity index is 2.28. The summed E-state index contributed by atoms with van der Waals surface area (Å²) in [5.41, 5.74) is 1.85. The van der Waals surface area contributed by atoms with Gasteiger partial charge in [0.2, 0.25) is 15.9 Å². The van der Waals surface area contributed by atoms with E-state index in [2.05, 4.69) is 27.9 Å². The summed E-state index contributed by atoms with van der Waals surface area (Å²) in [6.07, 6.45) is 1.05. The first-order chi connectivity index (χ1) is 12.7. The number of carbonyl (C=O) groups excluding carboxylic acids is 1. The van der Waals surface area contributed by atoms with Crippen LogP contribution in [0, 0.1) is 10.5 Å². The molecule has 27 heavy (non-hydrogen) atoms. The molecule has 9 heteroatoms. The van der Waals surface area contributed by atoms with Crippen molar-refractivity contribution in [3.05, 3.63) is 45.5 Å². The lowest BCUT2D eigenvalue weighted by molar-refractivity contribution is -0.114. The smallest absolute Gasteiger partial charge is 0.245 e. The van der Waals surface area contributed by atoms with Crippen LogP contribution in [0.5, 0.6) is 11.5 Å². The van der Waals surface area contributed by atoms with Crippen LogP contribution in [0.2, 0.25) is 0 Å². The van der Waals surface area contributed by atoms with Crippen LogP contribution in [-0.2, 0) is 14.8 Å². The fourth-order valence-electron chi connectivity index (χ4n) is 2.47. The zero-order valence-corrected chi connectivity index (χ0v) is 18.4. The molecule has 0 radical (unpaired) electrons.